The zero-order chi connectivity index (χ0) is 15.1. The number of hydrogen-bond acceptors (Lipinski definition) is 3. The summed E-state index contributed by atoms with van der Waals surface area (Å²) >= 11 is 0. The fourth-order valence-electron chi connectivity index (χ4n) is 2.95. The molecule has 4 nitrogen and oxygen atoms in total. The summed E-state index contributed by atoms with van der Waals surface area (Å²) in [7, 11) is 0. The number of para-hydroxylation sites is 1. The Morgan fingerprint density at radius 1 is 1.33 bits per heavy atom. The molecular weight excluding hydrogens is 262 g/mol. The van der Waals surface area contributed by atoms with E-state index in [0.717, 1.165) is 32.4 Å². The summed E-state index contributed by atoms with van der Waals surface area (Å²) < 4.78 is 0. The molecule has 0 saturated carbocycles. The van der Waals surface area contributed by atoms with Crippen molar-refractivity contribution >= 4 is 11.6 Å². The second-order valence-electron chi connectivity index (χ2n) is 5.58. The van der Waals surface area contributed by atoms with E-state index in [0.29, 0.717) is 19.1 Å². The van der Waals surface area contributed by atoms with Crippen LogP contribution in [0, 0.1) is 0 Å². The first-order valence-electron chi connectivity index (χ1n) is 8.10. The quantitative estimate of drug-likeness (QED) is 0.845. The van der Waals surface area contributed by atoms with Crippen molar-refractivity contribution in [2.45, 2.75) is 39.2 Å². The van der Waals surface area contributed by atoms with Gasteiger partial charge in [-0.1, -0.05) is 25.1 Å². The van der Waals surface area contributed by atoms with Gasteiger partial charge in [0, 0.05) is 24.8 Å². The average molecular weight is 289 g/mol. The molecule has 1 aromatic rings. The van der Waals surface area contributed by atoms with Crippen LogP contribution in [-0.2, 0) is 4.79 Å². The maximum absolute atomic E-state index is 11.9. The van der Waals surface area contributed by atoms with Crippen molar-refractivity contribution in [3.8, 4) is 0 Å². The summed E-state index contributed by atoms with van der Waals surface area (Å²) in [6.45, 7) is 7.27. The molecule has 1 aliphatic heterocycles. The molecule has 1 aromatic carbocycles. The van der Waals surface area contributed by atoms with Crippen molar-refractivity contribution in [1.29, 1.82) is 0 Å². The molecule has 2 N–H and O–H groups in total. The monoisotopic (exact) mass is 289 g/mol. The van der Waals surface area contributed by atoms with Crippen LogP contribution in [0.2, 0.25) is 0 Å². The Morgan fingerprint density at radius 2 is 2.14 bits per heavy atom. The van der Waals surface area contributed by atoms with Gasteiger partial charge < -0.3 is 15.5 Å². The topological polar surface area (TPSA) is 44.4 Å². The number of carbonyl (C=O) groups is 1. The molecule has 0 aromatic heterocycles. The highest BCUT2D eigenvalue weighted by Gasteiger charge is 2.23. The minimum atomic E-state index is 0.104. The van der Waals surface area contributed by atoms with E-state index in [9.17, 15) is 4.79 Å². The summed E-state index contributed by atoms with van der Waals surface area (Å²) in [5, 5.41) is 6.53. The highest BCUT2D eigenvalue weighted by atomic mass is 16.2. The van der Waals surface area contributed by atoms with Gasteiger partial charge in [-0.15, -0.1) is 0 Å². The van der Waals surface area contributed by atoms with Gasteiger partial charge in [0.25, 0.3) is 0 Å². The highest BCUT2D eigenvalue weighted by Crippen LogP contribution is 2.32. The molecular formula is C17H27N3O. The largest absolute Gasteiger partial charge is 0.362 e. The zero-order valence-corrected chi connectivity index (χ0v) is 13.2. The van der Waals surface area contributed by atoms with E-state index in [4.69, 9.17) is 0 Å². The van der Waals surface area contributed by atoms with Crippen LogP contribution >= 0.6 is 0 Å². The van der Waals surface area contributed by atoms with Gasteiger partial charge in [-0.05, 0) is 44.4 Å². The smallest absolute Gasteiger partial charge is 0.239 e. The third-order valence-corrected chi connectivity index (χ3v) is 3.92. The molecule has 21 heavy (non-hydrogen) atoms. The average Bonchev–Trinajstić information content (AvgIpc) is 2.66. The first-order chi connectivity index (χ1) is 10.3. The molecule has 1 atom stereocenters. The number of anilines is 1. The fraction of sp³-hybridized carbons (Fsp3) is 0.588. The maximum Gasteiger partial charge on any atom is 0.239 e. The Hall–Kier alpha value is -1.55. The Kier molecular flexibility index (Phi) is 6.05. The van der Waals surface area contributed by atoms with Gasteiger partial charge >= 0.3 is 0 Å². The number of carbonyl (C=O) groups excluding carboxylic acids is 1. The second-order valence-corrected chi connectivity index (χ2v) is 5.58. The number of amides is 1. The summed E-state index contributed by atoms with van der Waals surface area (Å²) in [4.78, 5) is 14.1. The minimum absolute atomic E-state index is 0.104. The Labute approximate surface area is 127 Å². The van der Waals surface area contributed by atoms with E-state index in [1.54, 1.807) is 0 Å². The van der Waals surface area contributed by atoms with Gasteiger partial charge in [0.2, 0.25) is 5.91 Å². The van der Waals surface area contributed by atoms with Crippen LogP contribution in [0.5, 0.6) is 0 Å². The van der Waals surface area contributed by atoms with Gasteiger partial charge in [-0.25, -0.2) is 0 Å². The molecule has 0 saturated heterocycles. The van der Waals surface area contributed by atoms with Crippen LogP contribution in [-0.4, -0.2) is 32.1 Å². The van der Waals surface area contributed by atoms with Gasteiger partial charge in [0.1, 0.15) is 0 Å². The van der Waals surface area contributed by atoms with Gasteiger partial charge in [-0.3, -0.25) is 4.79 Å². The standard InChI is InChI=1S/C17H27N3O/c1-3-11-19-15-9-7-12-20(13-17(21)18-4-2)16-10-6-5-8-14(15)16/h5-6,8,10,15,19H,3-4,7,9,11-13H2,1-2H3,(H,18,21). The molecule has 0 bridgehead atoms. The van der Waals surface area contributed by atoms with Crippen molar-refractivity contribution in [2.75, 3.05) is 31.1 Å². The van der Waals surface area contributed by atoms with Crippen molar-refractivity contribution in [3.63, 3.8) is 0 Å². The van der Waals surface area contributed by atoms with E-state index >= 15 is 0 Å². The van der Waals surface area contributed by atoms with Gasteiger partial charge in [-0.2, -0.15) is 0 Å². The van der Waals surface area contributed by atoms with Crippen LogP contribution in [0.25, 0.3) is 0 Å². The lowest BCUT2D eigenvalue weighted by molar-refractivity contribution is -0.119. The van der Waals surface area contributed by atoms with E-state index in [2.05, 4.69) is 46.7 Å². The van der Waals surface area contributed by atoms with Crippen LogP contribution in [0.3, 0.4) is 0 Å². The van der Waals surface area contributed by atoms with E-state index < -0.39 is 0 Å². The number of hydrogen-bond donors (Lipinski definition) is 2. The normalized spacial score (nSPS) is 18.0. The molecule has 1 unspecified atom stereocenters. The fourth-order valence-corrected chi connectivity index (χ4v) is 2.95. The number of benzene rings is 1. The zero-order valence-electron chi connectivity index (χ0n) is 13.2. The van der Waals surface area contributed by atoms with Gasteiger partial charge in [0.15, 0.2) is 0 Å². The molecule has 1 heterocycles. The summed E-state index contributed by atoms with van der Waals surface area (Å²) in [6, 6.07) is 8.89. The van der Waals surface area contributed by atoms with Crippen molar-refractivity contribution in [3.05, 3.63) is 29.8 Å². The lowest BCUT2D eigenvalue weighted by atomic mass is 10.0. The SMILES string of the molecule is CCCNC1CCCN(CC(=O)NCC)c2ccccc21. The number of likely N-dealkylation sites (N-methyl/N-ethyl adjacent to an activating group) is 1. The first-order valence-corrected chi connectivity index (χ1v) is 8.10. The molecule has 0 spiro atoms. The Balaban J connectivity index is 2.18. The minimum Gasteiger partial charge on any atom is -0.362 e. The van der Waals surface area contributed by atoms with Crippen LogP contribution < -0.4 is 15.5 Å². The van der Waals surface area contributed by atoms with Crippen LogP contribution in [0.1, 0.15) is 44.7 Å². The van der Waals surface area contributed by atoms with Crippen molar-refractivity contribution < 1.29 is 4.79 Å². The van der Waals surface area contributed by atoms with E-state index in [1.165, 1.54) is 11.3 Å². The number of fused-ring (bicyclic) bond motifs is 1. The van der Waals surface area contributed by atoms with Gasteiger partial charge in [0.05, 0.1) is 6.54 Å². The second kappa shape index (κ2) is 8.03. The third-order valence-electron chi connectivity index (χ3n) is 3.92. The molecule has 0 aliphatic carbocycles. The predicted octanol–water partition coefficient (Wildman–Crippen LogP) is 2.46. The molecule has 0 radical (unpaired) electrons. The number of rotatable bonds is 6. The number of nitrogens with one attached hydrogen (secondary N) is 2. The van der Waals surface area contributed by atoms with Crippen molar-refractivity contribution in [2.24, 2.45) is 0 Å². The molecule has 116 valence electrons. The number of nitrogens with zero attached hydrogens (tertiary/aromatic N) is 1. The lowest BCUT2D eigenvalue weighted by Gasteiger charge is -2.25. The first kappa shape index (κ1) is 15.8. The van der Waals surface area contributed by atoms with E-state index in [-0.39, 0.29) is 5.91 Å². The summed E-state index contributed by atoms with van der Waals surface area (Å²) in [5.41, 5.74) is 2.53. The Bertz CT molecular complexity index is 461. The van der Waals surface area contributed by atoms with Crippen molar-refractivity contribution in [1.82, 2.24) is 10.6 Å². The molecule has 2 rings (SSSR count). The lowest BCUT2D eigenvalue weighted by Crippen LogP contribution is -2.37. The molecule has 1 amide bonds. The molecule has 1 aliphatic rings. The summed E-state index contributed by atoms with van der Waals surface area (Å²) in [5.74, 6) is 0.104. The molecule has 4 heteroatoms. The maximum atomic E-state index is 11.9. The van der Waals surface area contributed by atoms with Crippen LogP contribution in [0.4, 0.5) is 5.69 Å². The summed E-state index contributed by atoms with van der Waals surface area (Å²) in [6.07, 6.45) is 3.37. The molecule has 0 fully saturated rings. The predicted molar refractivity (Wildman–Crippen MR) is 87.6 cm³/mol. The van der Waals surface area contributed by atoms with Crippen LogP contribution in [0.15, 0.2) is 24.3 Å². The highest BCUT2D eigenvalue weighted by molar-refractivity contribution is 5.81. The Morgan fingerprint density at radius 3 is 2.90 bits per heavy atom. The third kappa shape index (κ3) is 4.21. The van der Waals surface area contributed by atoms with E-state index in [1.807, 2.05) is 6.92 Å².